The normalized spacial score (nSPS) is 15.1. The Balaban J connectivity index is 1.59. The maximum atomic E-state index is 12.8. The molecule has 0 bridgehead atoms. The van der Waals surface area contributed by atoms with Crippen LogP contribution in [-0.4, -0.2) is 46.7 Å². The molecule has 1 aromatic carbocycles. The van der Waals surface area contributed by atoms with Gasteiger partial charge in [-0.3, -0.25) is 4.79 Å². The molecular formula is C18H22N4O2. The van der Waals surface area contributed by atoms with E-state index in [1.54, 1.807) is 6.20 Å². The molecule has 1 saturated heterocycles. The molecule has 2 aromatic rings. The monoisotopic (exact) mass is 326 g/mol. The van der Waals surface area contributed by atoms with Crippen molar-refractivity contribution in [1.82, 2.24) is 15.1 Å². The van der Waals surface area contributed by atoms with Gasteiger partial charge < -0.3 is 15.0 Å². The number of piperidine rings is 1. The topological polar surface area (TPSA) is 67.3 Å². The van der Waals surface area contributed by atoms with Crippen molar-refractivity contribution in [2.45, 2.75) is 25.8 Å². The molecule has 6 heteroatoms. The van der Waals surface area contributed by atoms with Crippen LogP contribution in [0.3, 0.4) is 0 Å². The fraction of sp³-hybridized carbons (Fsp3) is 0.389. The first-order valence-electron chi connectivity index (χ1n) is 8.33. The molecule has 126 valence electrons. The van der Waals surface area contributed by atoms with Crippen LogP contribution in [0.5, 0.6) is 5.75 Å². The van der Waals surface area contributed by atoms with Crippen LogP contribution >= 0.6 is 0 Å². The summed E-state index contributed by atoms with van der Waals surface area (Å²) in [6.07, 6.45) is 3.43. The van der Waals surface area contributed by atoms with E-state index in [1.807, 2.05) is 48.2 Å². The number of likely N-dealkylation sites (tertiary alicyclic amines) is 1. The van der Waals surface area contributed by atoms with Gasteiger partial charge in [-0.05, 0) is 44.0 Å². The first kappa shape index (κ1) is 16.2. The summed E-state index contributed by atoms with van der Waals surface area (Å²) in [7, 11) is 0. The Morgan fingerprint density at radius 1 is 1.25 bits per heavy atom. The van der Waals surface area contributed by atoms with Gasteiger partial charge >= 0.3 is 0 Å². The SMILES string of the molecule is CCOc1ccccc1C(=O)N1CCC(Nc2cccnn2)CC1. The number of anilines is 1. The lowest BCUT2D eigenvalue weighted by Gasteiger charge is -2.32. The van der Waals surface area contributed by atoms with Crippen molar-refractivity contribution in [3.05, 3.63) is 48.2 Å². The van der Waals surface area contributed by atoms with Gasteiger partial charge in [0, 0.05) is 25.3 Å². The van der Waals surface area contributed by atoms with E-state index in [4.69, 9.17) is 4.74 Å². The quantitative estimate of drug-likeness (QED) is 0.915. The van der Waals surface area contributed by atoms with E-state index in [2.05, 4.69) is 15.5 Å². The molecule has 0 unspecified atom stereocenters. The van der Waals surface area contributed by atoms with Gasteiger partial charge in [-0.25, -0.2) is 0 Å². The van der Waals surface area contributed by atoms with E-state index in [-0.39, 0.29) is 5.91 Å². The number of carbonyl (C=O) groups excluding carboxylic acids is 1. The number of nitrogens with zero attached hydrogens (tertiary/aromatic N) is 3. The number of ether oxygens (including phenoxy) is 1. The van der Waals surface area contributed by atoms with Gasteiger partial charge in [0.05, 0.1) is 12.2 Å². The number of hydrogen-bond acceptors (Lipinski definition) is 5. The van der Waals surface area contributed by atoms with Gasteiger partial charge in [-0.2, -0.15) is 5.10 Å². The Bertz CT molecular complexity index is 670. The lowest BCUT2D eigenvalue weighted by atomic mass is 10.0. The average Bonchev–Trinajstić information content (AvgIpc) is 2.63. The third kappa shape index (κ3) is 3.82. The number of carbonyl (C=O) groups is 1. The molecule has 2 heterocycles. The lowest BCUT2D eigenvalue weighted by molar-refractivity contribution is 0.0714. The Morgan fingerprint density at radius 2 is 2.04 bits per heavy atom. The Morgan fingerprint density at radius 3 is 2.75 bits per heavy atom. The van der Waals surface area contributed by atoms with Crippen molar-refractivity contribution in [3.8, 4) is 5.75 Å². The molecular weight excluding hydrogens is 304 g/mol. The minimum absolute atomic E-state index is 0.0389. The highest BCUT2D eigenvalue weighted by atomic mass is 16.5. The van der Waals surface area contributed by atoms with Crippen LogP contribution in [-0.2, 0) is 0 Å². The third-order valence-corrected chi connectivity index (χ3v) is 4.12. The third-order valence-electron chi connectivity index (χ3n) is 4.12. The summed E-state index contributed by atoms with van der Waals surface area (Å²) < 4.78 is 5.57. The maximum absolute atomic E-state index is 12.8. The highest BCUT2D eigenvalue weighted by molar-refractivity contribution is 5.97. The number of hydrogen-bond donors (Lipinski definition) is 1. The molecule has 1 N–H and O–H groups in total. The molecule has 0 atom stereocenters. The fourth-order valence-electron chi connectivity index (χ4n) is 2.91. The Kier molecular flexibility index (Phi) is 5.25. The molecule has 0 spiro atoms. The summed E-state index contributed by atoms with van der Waals surface area (Å²) in [5.74, 6) is 1.48. The van der Waals surface area contributed by atoms with Crippen LogP contribution in [0.15, 0.2) is 42.6 Å². The van der Waals surface area contributed by atoms with Crippen LogP contribution in [0.2, 0.25) is 0 Å². The average molecular weight is 326 g/mol. The smallest absolute Gasteiger partial charge is 0.257 e. The zero-order chi connectivity index (χ0) is 16.8. The Hall–Kier alpha value is -2.63. The summed E-state index contributed by atoms with van der Waals surface area (Å²) in [4.78, 5) is 14.7. The van der Waals surface area contributed by atoms with Crippen molar-refractivity contribution < 1.29 is 9.53 Å². The van der Waals surface area contributed by atoms with Crippen molar-refractivity contribution in [2.24, 2.45) is 0 Å². The van der Waals surface area contributed by atoms with Crippen LogP contribution < -0.4 is 10.1 Å². The molecule has 1 aliphatic rings. The van der Waals surface area contributed by atoms with Gasteiger partial charge in [-0.1, -0.05) is 12.1 Å². The molecule has 1 aromatic heterocycles. The van der Waals surface area contributed by atoms with Crippen LogP contribution in [0.4, 0.5) is 5.82 Å². The summed E-state index contributed by atoms with van der Waals surface area (Å²) in [5.41, 5.74) is 0.639. The largest absolute Gasteiger partial charge is 0.493 e. The summed E-state index contributed by atoms with van der Waals surface area (Å²) >= 11 is 0. The minimum Gasteiger partial charge on any atom is -0.493 e. The number of amides is 1. The number of para-hydroxylation sites is 1. The molecule has 1 aliphatic heterocycles. The predicted octanol–water partition coefficient (Wildman–Crippen LogP) is 2.59. The van der Waals surface area contributed by atoms with Gasteiger partial charge in [-0.15, -0.1) is 5.10 Å². The molecule has 0 radical (unpaired) electrons. The first-order valence-corrected chi connectivity index (χ1v) is 8.33. The second-order valence-corrected chi connectivity index (χ2v) is 5.75. The molecule has 1 fully saturated rings. The second kappa shape index (κ2) is 7.77. The highest BCUT2D eigenvalue weighted by Crippen LogP contribution is 2.22. The molecule has 6 nitrogen and oxygen atoms in total. The number of aromatic nitrogens is 2. The van der Waals surface area contributed by atoms with Crippen molar-refractivity contribution in [2.75, 3.05) is 25.0 Å². The van der Waals surface area contributed by atoms with E-state index >= 15 is 0 Å². The number of benzene rings is 1. The van der Waals surface area contributed by atoms with E-state index in [0.717, 1.165) is 31.7 Å². The second-order valence-electron chi connectivity index (χ2n) is 5.75. The molecule has 0 aliphatic carbocycles. The number of rotatable bonds is 5. The summed E-state index contributed by atoms with van der Waals surface area (Å²) in [5, 5.41) is 11.3. The maximum Gasteiger partial charge on any atom is 0.257 e. The minimum atomic E-state index is 0.0389. The van der Waals surface area contributed by atoms with Gasteiger partial charge in [0.1, 0.15) is 11.6 Å². The van der Waals surface area contributed by atoms with Crippen molar-refractivity contribution >= 4 is 11.7 Å². The summed E-state index contributed by atoms with van der Waals surface area (Å²) in [6, 6.07) is 11.5. The van der Waals surface area contributed by atoms with E-state index in [0.29, 0.717) is 24.0 Å². The first-order chi connectivity index (χ1) is 11.8. The molecule has 1 amide bonds. The Labute approximate surface area is 141 Å². The van der Waals surface area contributed by atoms with Crippen molar-refractivity contribution in [3.63, 3.8) is 0 Å². The van der Waals surface area contributed by atoms with Gasteiger partial charge in [0.15, 0.2) is 0 Å². The van der Waals surface area contributed by atoms with Crippen molar-refractivity contribution in [1.29, 1.82) is 0 Å². The predicted molar refractivity (Wildman–Crippen MR) is 92.2 cm³/mol. The zero-order valence-corrected chi connectivity index (χ0v) is 13.8. The summed E-state index contributed by atoms with van der Waals surface area (Å²) in [6.45, 7) is 3.91. The molecule has 0 saturated carbocycles. The van der Waals surface area contributed by atoms with Gasteiger partial charge in [0.2, 0.25) is 0 Å². The van der Waals surface area contributed by atoms with Crippen LogP contribution in [0.1, 0.15) is 30.1 Å². The van der Waals surface area contributed by atoms with E-state index < -0.39 is 0 Å². The molecule has 24 heavy (non-hydrogen) atoms. The van der Waals surface area contributed by atoms with Crippen LogP contribution in [0, 0.1) is 0 Å². The zero-order valence-electron chi connectivity index (χ0n) is 13.8. The van der Waals surface area contributed by atoms with E-state index in [9.17, 15) is 4.79 Å². The lowest BCUT2D eigenvalue weighted by Crippen LogP contribution is -2.42. The highest BCUT2D eigenvalue weighted by Gasteiger charge is 2.25. The van der Waals surface area contributed by atoms with E-state index in [1.165, 1.54) is 0 Å². The van der Waals surface area contributed by atoms with Crippen LogP contribution in [0.25, 0.3) is 0 Å². The standard InChI is InChI=1S/C18H22N4O2/c1-2-24-16-7-4-3-6-15(16)18(23)22-12-9-14(10-13-22)20-17-8-5-11-19-21-17/h3-8,11,14H,2,9-10,12-13H2,1H3,(H,20,21). The number of nitrogens with one attached hydrogen (secondary N) is 1. The molecule has 3 rings (SSSR count). The fourth-order valence-corrected chi connectivity index (χ4v) is 2.91. The van der Waals surface area contributed by atoms with Gasteiger partial charge in [0.25, 0.3) is 5.91 Å².